The van der Waals surface area contributed by atoms with Crippen LogP contribution in [-0.4, -0.2) is 25.0 Å². The van der Waals surface area contributed by atoms with Crippen LogP contribution in [0.4, 0.5) is 0 Å². The number of ether oxygens (including phenoxy) is 1. The van der Waals surface area contributed by atoms with Crippen LogP contribution in [0.5, 0.6) is 0 Å². The van der Waals surface area contributed by atoms with Gasteiger partial charge in [-0.25, -0.2) is 4.79 Å². The molecule has 1 rings (SSSR count). The summed E-state index contributed by atoms with van der Waals surface area (Å²) >= 11 is 0. The summed E-state index contributed by atoms with van der Waals surface area (Å²) in [5.74, 6) is -0.577. The second-order valence-electron chi connectivity index (χ2n) is 5.10. The summed E-state index contributed by atoms with van der Waals surface area (Å²) in [5, 5.41) is 2.66. The van der Waals surface area contributed by atoms with E-state index in [0.29, 0.717) is 12.0 Å². The largest absolute Gasteiger partial charge is 0.467 e. The van der Waals surface area contributed by atoms with Gasteiger partial charge in [-0.2, -0.15) is 0 Å². The summed E-state index contributed by atoms with van der Waals surface area (Å²) < 4.78 is 4.71. The zero-order valence-corrected chi connectivity index (χ0v) is 12.1. The number of carbonyl (C=O) groups excluding carboxylic acids is 2. The van der Waals surface area contributed by atoms with E-state index in [9.17, 15) is 9.59 Å². The van der Waals surface area contributed by atoms with Crippen molar-refractivity contribution >= 4 is 11.9 Å². The minimum absolute atomic E-state index is 0.257. The molecule has 5 heteroatoms. The van der Waals surface area contributed by atoms with Gasteiger partial charge in [0.1, 0.15) is 12.1 Å². The van der Waals surface area contributed by atoms with E-state index in [1.165, 1.54) is 7.11 Å². The van der Waals surface area contributed by atoms with E-state index in [1.54, 1.807) is 12.1 Å². The number of carbonyl (C=O) groups is 2. The van der Waals surface area contributed by atoms with Crippen LogP contribution in [0.2, 0.25) is 0 Å². The molecule has 110 valence electrons. The minimum Gasteiger partial charge on any atom is -0.467 e. The zero-order valence-electron chi connectivity index (χ0n) is 12.1. The lowest BCUT2D eigenvalue weighted by Crippen LogP contribution is -2.46. The molecule has 0 fully saturated rings. The first-order chi connectivity index (χ1) is 9.45. The number of nitrogens with one attached hydrogen (secondary N) is 1. The molecule has 0 aliphatic carbocycles. The third-order valence-electron chi connectivity index (χ3n) is 2.95. The van der Waals surface area contributed by atoms with Crippen LogP contribution in [0, 0.1) is 5.92 Å². The summed E-state index contributed by atoms with van der Waals surface area (Å²) in [5.41, 5.74) is 6.60. The molecule has 0 aliphatic heterocycles. The molecule has 3 N–H and O–H groups in total. The molecule has 20 heavy (non-hydrogen) atoms. The number of methoxy groups -OCH3 is 1. The van der Waals surface area contributed by atoms with Crippen molar-refractivity contribution in [2.45, 2.75) is 32.4 Å². The fraction of sp³-hybridized carbons (Fsp3) is 0.467. The molecule has 0 radical (unpaired) electrons. The van der Waals surface area contributed by atoms with Gasteiger partial charge in [0.2, 0.25) is 5.91 Å². The van der Waals surface area contributed by atoms with Crippen LogP contribution in [0.1, 0.15) is 31.9 Å². The van der Waals surface area contributed by atoms with Crippen molar-refractivity contribution in [3.8, 4) is 0 Å². The van der Waals surface area contributed by atoms with Crippen LogP contribution in [0.15, 0.2) is 30.3 Å². The molecule has 5 nitrogen and oxygen atoms in total. The first-order valence-corrected chi connectivity index (χ1v) is 6.64. The average molecular weight is 278 g/mol. The molecule has 0 aliphatic rings. The van der Waals surface area contributed by atoms with E-state index < -0.39 is 18.1 Å². The van der Waals surface area contributed by atoms with E-state index in [4.69, 9.17) is 10.5 Å². The van der Waals surface area contributed by atoms with Crippen molar-refractivity contribution in [3.63, 3.8) is 0 Å². The normalized spacial score (nSPS) is 13.7. The van der Waals surface area contributed by atoms with Crippen molar-refractivity contribution in [1.82, 2.24) is 5.32 Å². The number of hydrogen-bond acceptors (Lipinski definition) is 4. The highest BCUT2D eigenvalue weighted by Gasteiger charge is 2.25. The maximum Gasteiger partial charge on any atom is 0.328 e. The van der Waals surface area contributed by atoms with Crippen molar-refractivity contribution in [2.75, 3.05) is 7.11 Å². The summed E-state index contributed by atoms with van der Waals surface area (Å²) in [6.07, 6.45) is 0.514. The first-order valence-electron chi connectivity index (χ1n) is 6.64. The predicted molar refractivity (Wildman–Crippen MR) is 76.8 cm³/mol. The number of benzene rings is 1. The summed E-state index contributed by atoms with van der Waals surface area (Å²) in [6, 6.07) is 7.57. The van der Waals surface area contributed by atoms with Gasteiger partial charge in [-0.1, -0.05) is 44.2 Å². The molecule has 1 aromatic carbocycles. The Bertz CT molecular complexity index is 446. The third kappa shape index (κ3) is 4.66. The van der Waals surface area contributed by atoms with Crippen LogP contribution in [0.3, 0.4) is 0 Å². The molecule has 1 unspecified atom stereocenters. The number of amides is 1. The monoisotopic (exact) mass is 278 g/mol. The van der Waals surface area contributed by atoms with Crippen molar-refractivity contribution < 1.29 is 14.3 Å². The SMILES string of the molecule is COC(=O)C(CC(C)C)NC(=O)[C@H](N)c1ccccc1. The van der Waals surface area contributed by atoms with E-state index >= 15 is 0 Å². The molecule has 2 atom stereocenters. The molecular weight excluding hydrogens is 256 g/mol. The van der Waals surface area contributed by atoms with Gasteiger partial charge in [0.15, 0.2) is 0 Å². The highest BCUT2D eigenvalue weighted by Crippen LogP contribution is 2.12. The lowest BCUT2D eigenvalue weighted by atomic mass is 10.0. The van der Waals surface area contributed by atoms with Gasteiger partial charge in [0, 0.05) is 0 Å². The van der Waals surface area contributed by atoms with Crippen LogP contribution < -0.4 is 11.1 Å². The van der Waals surface area contributed by atoms with Gasteiger partial charge >= 0.3 is 5.97 Å². The molecule has 0 saturated heterocycles. The molecule has 0 aromatic heterocycles. The number of nitrogens with two attached hydrogens (primary N) is 1. The molecule has 0 spiro atoms. The Kier molecular flexibility index (Phi) is 6.18. The molecular formula is C15H22N2O3. The highest BCUT2D eigenvalue weighted by atomic mass is 16.5. The van der Waals surface area contributed by atoms with Gasteiger partial charge in [-0.05, 0) is 17.9 Å². The summed E-state index contributed by atoms with van der Waals surface area (Å²) in [4.78, 5) is 23.8. The van der Waals surface area contributed by atoms with Gasteiger partial charge < -0.3 is 15.8 Å². The fourth-order valence-corrected chi connectivity index (χ4v) is 1.90. The Morgan fingerprint density at radius 3 is 2.35 bits per heavy atom. The standard InChI is InChI=1S/C15H22N2O3/c1-10(2)9-12(15(19)20-3)17-14(18)13(16)11-7-5-4-6-8-11/h4-8,10,12-13H,9,16H2,1-3H3,(H,17,18)/t12?,13-/m1/s1. The smallest absolute Gasteiger partial charge is 0.328 e. The van der Waals surface area contributed by atoms with E-state index in [2.05, 4.69) is 5.32 Å². The fourth-order valence-electron chi connectivity index (χ4n) is 1.90. The molecule has 0 heterocycles. The maximum atomic E-state index is 12.1. The van der Waals surface area contributed by atoms with E-state index in [0.717, 1.165) is 0 Å². The Morgan fingerprint density at radius 2 is 1.85 bits per heavy atom. The molecule has 1 amide bonds. The number of rotatable bonds is 6. The average Bonchev–Trinajstić information content (AvgIpc) is 2.45. The summed E-state index contributed by atoms with van der Waals surface area (Å²) in [6.45, 7) is 3.94. The number of esters is 1. The molecule has 0 bridgehead atoms. The predicted octanol–water partition coefficient (Wildman–Crippen LogP) is 1.39. The second kappa shape index (κ2) is 7.65. The number of hydrogen-bond donors (Lipinski definition) is 2. The van der Waals surface area contributed by atoms with Gasteiger partial charge in [-0.15, -0.1) is 0 Å². The summed E-state index contributed by atoms with van der Waals surface area (Å²) in [7, 11) is 1.30. The maximum absolute atomic E-state index is 12.1. The van der Waals surface area contributed by atoms with Crippen LogP contribution in [-0.2, 0) is 14.3 Å². The topological polar surface area (TPSA) is 81.4 Å². The van der Waals surface area contributed by atoms with Gasteiger partial charge in [0.05, 0.1) is 7.11 Å². The van der Waals surface area contributed by atoms with Crippen LogP contribution >= 0.6 is 0 Å². The van der Waals surface area contributed by atoms with Gasteiger partial charge in [0.25, 0.3) is 0 Å². The first kappa shape index (κ1) is 16.2. The van der Waals surface area contributed by atoms with Crippen molar-refractivity contribution in [2.24, 2.45) is 11.7 Å². The Balaban J connectivity index is 2.72. The lowest BCUT2D eigenvalue weighted by Gasteiger charge is -2.20. The quantitative estimate of drug-likeness (QED) is 0.770. The minimum atomic E-state index is -0.796. The second-order valence-corrected chi connectivity index (χ2v) is 5.10. The third-order valence-corrected chi connectivity index (χ3v) is 2.95. The Hall–Kier alpha value is -1.88. The Labute approximate surface area is 119 Å². The van der Waals surface area contributed by atoms with Crippen LogP contribution in [0.25, 0.3) is 0 Å². The zero-order chi connectivity index (χ0) is 15.1. The van der Waals surface area contributed by atoms with Crippen molar-refractivity contribution in [3.05, 3.63) is 35.9 Å². The Morgan fingerprint density at radius 1 is 1.25 bits per heavy atom. The van der Waals surface area contributed by atoms with Gasteiger partial charge in [-0.3, -0.25) is 4.79 Å². The van der Waals surface area contributed by atoms with Crippen molar-refractivity contribution in [1.29, 1.82) is 0 Å². The van der Waals surface area contributed by atoms with E-state index in [-0.39, 0.29) is 11.8 Å². The van der Waals surface area contributed by atoms with E-state index in [1.807, 2.05) is 32.0 Å². The molecule has 1 aromatic rings. The lowest BCUT2D eigenvalue weighted by molar-refractivity contribution is -0.145. The highest BCUT2D eigenvalue weighted by molar-refractivity contribution is 5.88. The molecule has 0 saturated carbocycles.